The summed E-state index contributed by atoms with van der Waals surface area (Å²) in [7, 11) is 0. The SMILES string of the molecule is CCCCn1c(CN(CCC)C(=O)c2ccc(C)cc2)nc2ccccc21. The topological polar surface area (TPSA) is 38.1 Å². The molecule has 0 aliphatic carbocycles. The highest BCUT2D eigenvalue weighted by Gasteiger charge is 2.19. The molecule has 4 heteroatoms. The summed E-state index contributed by atoms with van der Waals surface area (Å²) in [5.41, 5.74) is 4.06. The van der Waals surface area contributed by atoms with Crippen LogP contribution in [0.2, 0.25) is 0 Å². The van der Waals surface area contributed by atoms with Crippen LogP contribution in [0.25, 0.3) is 11.0 Å². The number of unbranched alkanes of at least 4 members (excludes halogenated alkanes) is 1. The molecule has 0 fully saturated rings. The van der Waals surface area contributed by atoms with Crippen LogP contribution < -0.4 is 0 Å². The van der Waals surface area contributed by atoms with Crippen LogP contribution in [-0.2, 0) is 13.1 Å². The van der Waals surface area contributed by atoms with E-state index >= 15 is 0 Å². The first-order chi connectivity index (χ1) is 13.1. The summed E-state index contributed by atoms with van der Waals surface area (Å²) >= 11 is 0. The van der Waals surface area contributed by atoms with Crippen molar-refractivity contribution in [2.24, 2.45) is 0 Å². The molecule has 2 aromatic carbocycles. The summed E-state index contributed by atoms with van der Waals surface area (Å²) in [6, 6.07) is 16.1. The van der Waals surface area contributed by atoms with E-state index < -0.39 is 0 Å². The van der Waals surface area contributed by atoms with Crippen molar-refractivity contribution in [3.05, 3.63) is 65.5 Å². The number of benzene rings is 2. The van der Waals surface area contributed by atoms with Gasteiger partial charge in [-0.1, -0.05) is 50.1 Å². The highest BCUT2D eigenvalue weighted by molar-refractivity contribution is 5.94. The van der Waals surface area contributed by atoms with Gasteiger partial charge in [-0.25, -0.2) is 4.98 Å². The molecule has 0 unspecified atom stereocenters. The fourth-order valence-corrected chi connectivity index (χ4v) is 3.38. The van der Waals surface area contributed by atoms with Gasteiger partial charge in [-0.3, -0.25) is 4.79 Å². The molecule has 0 aliphatic rings. The number of aryl methyl sites for hydroxylation is 2. The van der Waals surface area contributed by atoms with Gasteiger partial charge in [0.2, 0.25) is 0 Å². The van der Waals surface area contributed by atoms with Crippen LogP contribution in [0.4, 0.5) is 0 Å². The van der Waals surface area contributed by atoms with Crippen LogP contribution in [-0.4, -0.2) is 26.9 Å². The number of para-hydroxylation sites is 2. The van der Waals surface area contributed by atoms with Gasteiger partial charge in [-0.15, -0.1) is 0 Å². The largest absolute Gasteiger partial charge is 0.331 e. The fraction of sp³-hybridized carbons (Fsp3) is 0.391. The number of fused-ring (bicyclic) bond motifs is 1. The van der Waals surface area contributed by atoms with Crippen molar-refractivity contribution in [3.63, 3.8) is 0 Å². The van der Waals surface area contributed by atoms with Crippen LogP contribution in [0.5, 0.6) is 0 Å². The Labute approximate surface area is 161 Å². The average Bonchev–Trinajstić information content (AvgIpc) is 3.03. The average molecular weight is 364 g/mol. The summed E-state index contributed by atoms with van der Waals surface area (Å²) in [6.07, 6.45) is 3.16. The first kappa shape index (κ1) is 19.2. The first-order valence-corrected chi connectivity index (χ1v) is 9.94. The Morgan fingerprint density at radius 3 is 2.48 bits per heavy atom. The summed E-state index contributed by atoms with van der Waals surface area (Å²) in [5, 5.41) is 0. The van der Waals surface area contributed by atoms with E-state index in [9.17, 15) is 4.79 Å². The van der Waals surface area contributed by atoms with Crippen LogP contribution in [0, 0.1) is 6.92 Å². The van der Waals surface area contributed by atoms with Gasteiger partial charge in [0, 0.05) is 18.7 Å². The van der Waals surface area contributed by atoms with Crippen molar-refractivity contribution < 1.29 is 4.79 Å². The van der Waals surface area contributed by atoms with Gasteiger partial charge < -0.3 is 9.47 Å². The molecular formula is C23H29N3O. The van der Waals surface area contributed by atoms with Crippen LogP contribution in [0.15, 0.2) is 48.5 Å². The van der Waals surface area contributed by atoms with E-state index in [2.05, 4.69) is 30.5 Å². The number of amides is 1. The summed E-state index contributed by atoms with van der Waals surface area (Å²) < 4.78 is 2.28. The first-order valence-electron chi connectivity index (χ1n) is 9.94. The van der Waals surface area contributed by atoms with Gasteiger partial charge in [0.1, 0.15) is 5.82 Å². The lowest BCUT2D eigenvalue weighted by Crippen LogP contribution is -2.32. The Hall–Kier alpha value is -2.62. The number of aromatic nitrogens is 2. The molecular weight excluding hydrogens is 334 g/mol. The van der Waals surface area contributed by atoms with Crippen molar-refractivity contribution in [1.82, 2.24) is 14.5 Å². The predicted octanol–water partition coefficient (Wildman–Crippen LogP) is 5.20. The monoisotopic (exact) mass is 363 g/mol. The van der Waals surface area contributed by atoms with Gasteiger partial charge >= 0.3 is 0 Å². The molecule has 0 N–H and O–H groups in total. The lowest BCUT2D eigenvalue weighted by Gasteiger charge is -2.22. The van der Waals surface area contributed by atoms with Gasteiger partial charge in [-0.2, -0.15) is 0 Å². The molecule has 142 valence electrons. The summed E-state index contributed by atoms with van der Waals surface area (Å²) in [6.45, 7) is 8.54. The molecule has 1 aromatic heterocycles. The lowest BCUT2D eigenvalue weighted by atomic mass is 10.1. The van der Waals surface area contributed by atoms with Crippen LogP contribution in [0.1, 0.15) is 54.9 Å². The normalized spacial score (nSPS) is 11.1. The third kappa shape index (κ3) is 4.38. The number of carbonyl (C=O) groups excluding carboxylic acids is 1. The van der Waals surface area contributed by atoms with E-state index in [1.807, 2.05) is 48.2 Å². The third-order valence-corrected chi connectivity index (χ3v) is 4.88. The molecule has 3 aromatic rings. The number of imidazole rings is 1. The molecule has 0 spiro atoms. The number of hydrogen-bond donors (Lipinski definition) is 0. The molecule has 1 heterocycles. The van der Waals surface area contributed by atoms with Crippen molar-refractivity contribution in [2.45, 2.75) is 53.1 Å². The van der Waals surface area contributed by atoms with Crippen molar-refractivity contribution in [2.75, 3.05) is 6.54 Å². The van der Waals surface area contributed by atoms with E-state index in [0.717, 1.165) is 60.3 Å². The third-order valence-electron chi connectivity index (χ3n) is 4.88. The van der Waals surface area contributed by atoms with E-state index in [-0.39, 0.29) is 5.91 Å². The Balaban J connectivity index is 1.91. The molecule has 4 nitrogen and oxygen atoms in total. The smallest absolute Gasteiger partial charge is 0.254 e. The van der Waals surface area contributed by atoms with E-state index in [1.54, 1.807) is 0 Å². The molecule has 1 amide bonds. The highest BCUT2D eigenvalue weighted by Crippen LogP contribution is 2.19. The second-order valence-corrected chi connectivity index (χ2v) is 7.11. The molecule has 0 aliphatic heterocycles. The zero-order chi connectivity index (χ0) is 19.2. The van der Waals surface area contributed by atoms with Gasteiger partial charge in [0.05, 0.1) is 17.6 Å². The summed E-state index contributed by atoms with van der Waals surface area (Å²) in [5.74, 6) is 1.05. The van der Waals surface area contributed by atoms with Gasteiger partial charge in [0.15, 0.2) is 0 Å². The van der Waals surface area contributed by atoms with E-state index in [0.29, 0.717) is 6.54 Å². The molecule has 0 saturated heterocycles. The maximum absolute atomic E-state index is 13.1. The number of carbonyl (C=O) groups is 1. The van der Waals surface area contributed by atoms with E-state index in [4.69, 9.17) is 4.98 Å². The van der Waals surface area contributed by atoms with Crippen molar-refractivity contribution in [3.8, 4) is 0 Å². The van der Waals surface area contributed by atoms with Gasteiger partial charge in [-0.05, 0) is 44.0 Å². The number of rotatable bonds is 8. The molecule has 27 heavy (non-hydrogen) atoms. The standard InChI is InChI=1S/C23H29N3O/c1-4-6-16-26-21-10-8-7-9-20(21)24-22(26)17-25(15-5-2)23(27)19-13-11-18(3)12-14-19/h7-14H,4-6,15-17H2,1-3H3. The van der Waals surface area contributed by atoms with Crippen molar-refractivity contribution in [1.29, 1.82) is 0 Å². The zero-order valence-corrected chi connectivity index (χ0v) is 16.6. The highest BCUT2D eigenvalue weighted by atomic mass is 16.2. The molecule has 0 radical (unpaired) electrons. The molecule has 0 atom stereocenters. The molecule has 0 bridgehead atoms. The Morgan fingerprint density at radius 2 is 1.78 bits per heavy atom. The minimum Gasteiger partial charge on any atom is -0.331 e. The maximum Gasteiger partial charge on any atom is 0.254 e. The van der Waals surface area contributed by atoms with Crippen LogP contribution in [0.3, 0.4) is 0 Å². The maximum atomic E-state index is 13.1. The lowest BCUT2D eigenvalue weighted by molar-refractivity contribution is 0.0737. The minimum absolute atomic E-state index is 0.0750. The number of hydrogen-bond acceptors (Lipinski definition) is 2. The quantitative estimate of drug-likeness (QED) is 0.552. The van der Waals surface area contributed by atoms with Crippen LogP contribution >= 0.6 is 0 Å². The zero-order valence-electron chi connectivity index (χ0n) is 16.6. The minimum atomic E-state index is 0.0750. The van der Waals surface area contributed by atoms with Crippen molar-refractivity contribution >= 4 is 16.9 Å². The number of nitrogens with zero attached hydrogens (tertiary/aromatic N) is 3. The second-order valence-electron chi connectivity index (χ2n) is 7.11. The molecule has 3 rings (SSSR count). The van der Waals surface area contributed by atoms with E-state index in [1.165, 1.54) is 0 Å². The molecule has 0 saturated carbocycles. The fourth-order valence-electron chi connectivity index (χ4n) is 3.38. The summed E-state index contributed by atoms with van der Waals surface area (Å²) in [4.78, 5) is 19.9. The predicted molar refractivity (Wildman–Crippen MR) is 111 cm³/mol. The Kier molecular flexibility index (Phi) is 6.28. The Bertz CT molecular complexity index is 896. The van der Waals surface area contributed by atoms with Gasteiger partial charge in [0.25, 0.3) is 5.91 Å². The second kappa shape index (κ2) is 8.85. The Morgan fingerprint density at radius 1 is 1.04 bits per heavy atom.